The monoisotopic (exact) mass is 402 g/mol. The Morgan fingerprint density at radius 2 is 2.08 bits per heavy atom. The Hall–Kier alpha value is -2.54. The molecule has 0 spiro atoms. The molecule has 13 heteroatoms. The highest BCUT2D eigenvalue weighted by Gasteiger charge is 2.23. The summed E-state index contributed by atoms with van der Waals surface area (Å²) in [5.74, 6) is -1.67. The van der Waals surface area contributed by atoms with Crippen LogP contribution in [0.5, 0.6) is 5.75 Å². The summed E-state index contributed by atoms with van der Waals surface area (Å²) in [4.78, 5) is 24.2. The van der Waals surface area contributed by atoms with Gasteiger partial charge >= 0.3 is 5.63 Å². The second kappa shape index (κ2) is 6.07. The van der Waals surface area contributed by atoms with Crippen LogP contribution in [0.4, 0.5) is 5.13 Å². The number of halogens is 1. The number of rotatable bonds is 3. The number of hydrogen-bond acceptors (Lipinski definition) is 9. The summed E-state index contributed by atoms with van der Waals surface area (Å²) in [6.45, 7) is 0. The van der Waals surface area contributed by atoms with Crippen LogP contribution in [-0.4, -0.2) is 29.6 Å². The number of nitrogens with zero attached hydrogens (tertiary/aromatic N) is 2. The molecule has 2 heterocycles. The van der Waals surface area contributed by atoms with Gasteiger partial charge in [0.1, 0.15) is 11.3 Å². The summed E-state index contributed by atoms with van der Waals surface area (Å²) in [5, 5.41) is 24.1. The van der Waals surface area contributed by atoms with E-state index >= 15 is 0 Å². The van der Waals surface area contributed by atoms with E-state index < -0.39 is 37.2 Å². The maximum Gasteiger partial charge on any atom is 0.353 e. The fourth-order valence-electron chi connectivity index (χ4n) is 1.89. The van der Waals surface area contributed by atoms with Gasteiger partial charge in [-0.15, -0.1) is 10.2 Å². The van der Waals surface area contributed by atoms with Gasteiger partial charge in [-0.2, -0.15) is 0 Å². The number of carbonyl (C=O) groups is 1. The molecular weight excluding hydrogens is 396 g/mol. The molecule has 0 atom stereocenters. The maximum atomic E-state index is 12.2. The lowest BCUT2D eigenvalue weighted by Crippen LogP contribution is -2.21. The van der Waals surface area contributed by atoms with Gasteiger partial charge in [-0.3, -0.25) is 10.1 Å². The van der Waals surface area contributed by atoms with Gasteiger partial charge in [-0.05, 0) is 12.1 Å². The van der Waals surface area contributed by atoms with Crippen LogP contribution in [-0.2, 0) is 10.0 Å². The van der Waals surface area contributed by atoms with Crippen molar-refractivity contribution in [3.05, 3.63) is 39.2 Å². The van der Waals surface area contributed by atoms with E-state index in [1.807, 2.05) is 0 Å². The molecular formula is C12H7ClN4O6S2. The van der Waals surface area contributed by atoms with Crippen molar-refractivity contribution in [2.24, 2.45) is 5.14 Å². The molecule has 0 saturated heterocycles. The van der Waals surface area contributed by atoms with Crippen LogP contribution < -0.4 is 16.1 Å². The number of fused-ring (bicyclic) bond motifs is 1. The number of aromatic hydroxyl groups is 1. The van der Waals surface area contributed by atoms with E-state index in [0.29, 0.717) is 11.3 Å². The molecule has 3 rings (SSSR count). The number of nitrogens with one attached hydrogen (secondary N) is 1. The number of carbonyl (C=O) groups excluding carboxylic acids is 1. The Labute approximate surface area is 147 Å². The zero-order chi connectivity index (χ0) is 18.4. The van der Waals surface area contributed by atoms with E-state index in [1.54, 1.807) is 0 Å². The first-order chi connectivity index (χ1) is 11.7. The highest BCUT2D eigenvalue weighted by Crippen LogP contribution is 2.29. The standard InChI is InChI=1S/C12H7ClN4O6S2/c13-4-1-2-5-6(3-4)23-10(20)7(8(5)18)9(19)15-11-16-17-12(24-11)25(14,21)22/h1-3,18H,(H2,14,21,22)(H,15,16,19). The second-order valence-corrected chi connectivity index (χ2v) is 7.77. The summed E-state index contributed by atoms with van der Waals surface area (Å²) in [5.41, 5.74) is -1.79. The molecule has 1 aromatic carbocycles. The number of amides is 1. The molecule has 130 valence electrons. The maximum absolute atomic E-state index is 12.2. The molecule has 0 saturated carbocycles. The Morgan fingerprint density at radius 1 is 1.36 bits per heavy atom. The van der Waals surface area contributed by atoms with E-state index in [-0.39, 0.29) is 21.1 Å². The molecule has 0 fully saturated rings. The van der Waals surface area contributed by atoms with Gasteiger partial charge in [-0.25, -0.2) is 18.4 Å². The van der Waals surface area contributed by atoms with E-state index in [4.69, 9.17) is 21.2 Å². The smallest absolute Gasteiger partial charge is 0.353 e. The largest absolute Gasteiger partial charge is 0.506 e. The van der Waals surface area contributed by atoms with Crippen molar-refractivity contribution in [1.82, 2.24) is 10.2 Å². The molecule has 0 aliphatic carbocycles. The third-order valence-corrected chi connectivity index (χ3v) is 5.32. The van der Waals surface area contributed by atoms with E-state index in [1.165, 1.54) is 18.2 Å². The van der Waals surface area contributed by atoms with Crippen molar-refractivity contribution in [3.63, 3.8) is 0 Å². The van der Waals surface area contributed by atoms with E-state index in [0.717, 1.165) is 0 Å². The average molecular weight is 403 g/mol. The number of primary sulfonamides is 1. The highest BCUT2D eigenvalue weighted by molar-refractivity contribution is 7.91. The summed E-state index contributed by atoms with van der Waals surface area (Å²) < 4.78 is 26.7. The summed E-state index contributed by atoms with van der Waals surface area (Å²) in [6.07, 6.45) is 0. The SMILES string of the molecule is NS(=O)(=O)c1nnc(NC(=O)c2c(O)c3ccc(Cl)cc3oc2=O)s1. The predicted molar refractivity (Wildman–Crippen MR) is 88.4 cm³/mol. The molecule has 0 aliphatic heterocycles. The lowest BCUT2D eigenvalue weighted by atomic mass is 10.1. The normalized spacial score (nSPS) is 11.6. The van der Waals surface area contributed by atoms with Gasteiger partial charge in [0, 0.05) is 11.1 Å². The number of nitrogens with two attached hydrogens (primary N) is 1. The molecule has 0 unspecified atom stereocenters. The molecule has 1 amide bonds. The molecule has 0 aliphatic rings. The fourth-order valence-corrected chi connectivity index (χ4v) is 3.38. The minimum absolute atomic E-state index is 0.000948. The Bertz CT molecular complexity index is 1170. The summed E-state index contributed by atoms with van der Waals surface area (Å²) in [7, 11) is -4.08. The first-order valence-corrected chi connectivity index (χ1v) is 9.04. The molecule has 0 bridgehead atoms. The number of aromatic nitrogens is 2. The van der Waals surface area contributed by atoms with Crippen LogP contribution in [0, 0.1) is 0 Å². The first kappa shape index (κ1) is 17.3. The van der Waals surface area contributed by atoms with Crippen LogP contribution in [0.15, 0.2) is 31.8 Å². The number of hydrogen-bond donors (Lipinski definition) is 3. The molecule has 25 heavy (non-hydrogen) atoms. The van der Waals surface area contributed by atoms with Crippen LogP contribution in [0.2, 0.25) is 5.02 Å². The Morgan fingerprint density at radius 3 is 2.72 bits per heavy atom. The van der Waals surface area contributed by atoms with Gasteiger partial charge in [0.05, 0.1) is 5.39 Å². The van der Waals surface area contributed by atoms with Crippen LogP contribution in [0.25, 0.3) is 11.0 Å². The third-order valence-electron chi connectivity index (χ3n) is 2.94. The number of anilines is 1. The number of benzene rings is 1. The van der Waals surface area contributed by atoms with Crippen molar-refractivity contribution in [2.45, 2.75) is 4.34 Å². The lowest BCUT2D eigenvalue weighted by Gasteiger charge is -2.05. The molecule has 3 aromatic rings. The van der Waals surface area contributed by atoms with Gasteiger partial charge in [0.25, 0.3) is 15.9 Å². The fraction of sp³-hybridized carbons (Fsp3) is 0. The zero-order valence-corrected chi connectivity index (χ0v) is 14.3. The van der Waals surface area contributed by atoms with E-state index in [2.05, 4.69) is 15.5 Å². The Kier molecular flexibility index (Phi) is 4.20. The van der Waals surface area contributed by atoms with Crippen LogP contribution in [0.1, 0.15) is 10.4 Å². The van der Waals surface area contributed by atoms with E-state index in [9.17, 15) is 23.1 Å². The third kappa shape index (κ3) is 3.32. The molecule has 2 aromatic heterocycles. The second-order valence-electron chi connectivity index (χ2n) is 4.63. The topological polar surface area (TPSA) is 165 Å². The molecule has 0 radical (unpaired) electrons. The van der Waals surface area contributed by atoms with Gasteiger partial charge < -0.3 is 9.52 Å². The zero-order valence-electron chi connectivity index (χ0n) is 11.9. The van der Waals surface area contributed by atoms with Crippen molar-refractivity contribution >= 4 is 55.0 Å². The summed E-state index contributed by atoms with van der Waals surface area (Å²) in [6, 6.07) is 4.12. The van der Waals surface area contributed by atoms with Crippen LogP contribution >= 0.6 is 22.9 Å². The van der Waals surface area contributed by atoms with Crippen LogP contribution in [0.3, 0.4) is 0 Å². The number of sulfonamides is 1. The van der Waals surface area contributed by atoms with Crippen molar-refractivity contribution in [2.75, 3.05) is 5.32 Å². The quantitative estimate of drug-likeness (QED) is 0.429. The molecule has 10 nitrogen and oxygen atoms in total. The van der Waals surface area contributed by atoms with Crippen molar-refractivity contribution in [3.8, 4) is 5.75 Å². The summed E-state index contributed by atoms with van der Waals surface area (Å²) >= 11 is 6.26. The first-order valence-electron chi connectivity index (χ1n) is 6.30. The van der Waals surface area contributed by atoms with Gasteiger partial charge in [0.2, 0.25) is 9.47 Å². The minimum atomic E-state index is -4.08. The van der Waals surface area contributed by atoms with Gasteiger partial charge in [-0.1, -0.05) is 22.9 Å². The minimum Gasteiger partial charge on any atom is -0.506 e. The highest BCUT2D eigenvalue weighted by atomic mass is 35.5. The molecule has 4 N–H and O–H groups in total. The van der Waals surface area contributed by atoms with Gasteiger partial charge in [0.15, 0.2) is 5.56 Å². The lowest BCUT2D eigenvalue weighted by molar-refractivity contribution is 0.102. The van der Waals surface area contributed by atoms with Crippen molar-refractivity contribution < 1.29 is 22.7 Å². The van der Waals surface area contributed by atoms with Crippen molar-refractivity contribution in [1.29, 1.82) is 0 Å². The Balaban J connectivity index is 2.01. The average Bonchev–Trinajstić information content (AvgIpc) is 2.95. The predicted octanol–water partition coefficient (Wildman–Crippen LogP) is 0.903.